The average Bonchev–Trinajstić information content (AvgIpc) is 2.19. The molecule has 3 nitrogen and oxygen atoms in total. The minimum Gasteiger partial charge on any atom is -0.356 e. The second-order valence-electron chi connectivity index (χ2n) is 3.38. The molecule has 3 heteroatoms. The summed E-state index contributed by atoms with van der Waals surface area (Å²) in [5.41, 5.74) is 5.35. The number of amides is 1. The molecule has 0 aliphatic carbocycles. The zero-order valence-corrected chi connectivity index (χ0v) is 8.93. The molecule has 0 bridgehead atoms. The zero-order chi connectivity index (χ0) is 10.6. The summed E-state index contributed by atoms with van der Waals surface area (Å²) in [4.78, 5) is 11.2. The van der Waals surface area contributed by atoms with E-state index in [0.29, 0.717) is 6.42 Å². The highest BCUT2D eigenvalue weighted by Crippen LogP contribution is 1.98. The lowest BCUT2D eigenvalue weighted by atomic mass is 10.2. The van der Waals surface area contributed by atoms with Crippen LogP contribution in [-0.2, 0) is 4.79 Å². The van der Waals surface area contributed by atoms with Gasteiger partial charge in [0, 0.05) is 13.0 Å². The van der Waals surface area contributed by atoms with Crippen LogP contribution in [-0.4, -0.2) is 19.0 Å². The molecule has 0 radical (unpaired) electrons. The topological polar surface area (TPSA) is 55.1 Å². The number of nitrogens with two attached hydrogens (primary N) is 1. The largest absolute Gasteiger partial charge is 0.356 e. The molecular formula is C11H22N2O. The Bertz CT molecular complexity index is 157. The summed E-state index contributed by atoms with van der Waals surface area (Å²) in [7, 11) is 0. The quantitative estimate of drug-likeness (QED) is 0.436. The normalized spacial score (nSPS) is 9.79. The predicted molar refractivity (Wildman–Crippen MR) is 60.0 cm³/mol. The summed E-state index contributed by atoms with van der Waals surface area (Å²) in [5.74, 6) is 0.158. The minimum absolute atomic E-state index is 0.158. The highest BCUT2D eigenvalue weighted by molar-refractivity contribution is 5.75. The lowest BCUT2D eigenvalue weighted by Crippen LogP contribution is -2.23. The van der Waals surface area contributed by atoms with Crippen molar-refractivity contribution >= 4 is 5.91 Å². The Labute approximate surface area is 86.8 Å². The molecule has 0 fully saturated rings. The Morgan fingerprint density at radius 3 is 2.71 bits per heavy atom. The Morgan fingerprint density at radius 2 is 2.07 bits per heavy atom. The Kier molecular flexibility index (Phi) is 9.64. The van der Waals surface area contributed by atoms with Crippen LogP contribution in [0, 0.1) is 0 Å². The summed E-state index contributed by atoms with van der Waals surface area (Å²) in [6.45, 7) is 5.11. The van der Waals surface area contributed by atoms with Crippen LogP contribution in [0.3, 0.4) is 0 Å². The van der Waals surface area contributed by atoms with Gasteiger partial charge < -0.3 is 11.1 Å². The van der Waals surface area contributed by atoms with Crippen LogP contribution in [0.15, 0.2) is 12.7 Å². The van der Waals surface area contributed by atoms with E-state index in [1.807, 2.05) is 6.08 Å². The molecule has 0 saturated carbocycles. The van der Waals surface area contributed by atoms with E-state index in [0.717, 1.165) is 45.2 Å². The first-order valence-electron chi connectivity index (χ1n) is 5.39. The van der Waals surface area contributed by atoms with Crippen molar-refractivity contribution in [3.63, 3.8) is 0 Å². The fourth-order valence-electron chi connectivity index (χ4n) is 1.17. The molecule has 0 heterocycles. The van der Waals surface area contributed by atoms with Crippen molar-refractivity contribution in [2.75, 3.05) is 13.1 Å². The maximum absolute atomic E-state index is 11.2. The van der Waals surface area contributed by atoms with E-state index in [9.17, 15) is 4.79 Å². The SMILES string of the molecule is C=CCCCNC(=O)CCCCCN. The first-order chi connectivity index (χ1) is 6.81. The van der Waals surface area contributed by atoms with Crippen molar-refractivity contribution in [1.82, 2.24) is 5.32 Å². The number of allylic oxidation sites excluding steroid dienone is 1. The van der Waals surface area contributed by atoms with E-state index in [2.05, 4.69) is 11.9 Å². The van der Waals surface area contributed by atoms with Gasteiger partial charge in [-0.15, -0.1) is 6.58 Å². The summed E-state index contributed by atoms with van der Waals surface area (Å²) in [6, 6.07) is 0. The van der Waals surface area contributed by atoms with Gasteiger partial charge in [-0.1, -0.05) is 12.5 Å². The van der Waals surface area contributed by atoms with Crippen molar-refractivity contribution in [2.24, 2.45) is 5.73 Å². The maximum atomic E-state index is 11.2. The fourth-order valence-corrected chi connectivity index (χ4v) is 1.17. The van der Waals surface area contributed by atoms with Gasteiger partial charge in [0.2, 0.25) is 5.91 Å². The van der Waals surface area contributed by atoms with Crippen molar-refractivity contribution in [3.8, 4) is 0 Å². The predicted octanol–water partition coefficient (Wildman–Crippen LogP) is 1.59. The van der Waals surface area contributed by atoms with Crippen LogP contribution >= 0.6 is 0 Å². The van der Waals surface area contributed by atoms with Gasteiger partial charge >= 0.3 is 0 Å². The average molecular weight is 198 g/mol. The molecule has 0 aliphatic rings. The van der Waals surface area contributed by atoms with Gasteiger partial charge in [-0.05, 0) is 32.2 Å². The molecule has 3 N–H and O–H groups in total. The molecule has 0 spiro atoms. The van der Waals surface area contributed by atoms with Crippen LogP contribution in [0.1, 0.15) is 38.5 Å². The van der Waals surface area contributed by atoms with E-state index >= 15 is 0 Å². The van der Waals surface area contributed by atoms with Gasteiger partial charge in [-0.3, -0.25) is 4.79 Å². The monoisotopic (exact) mass is 198 g/mol. The molecule has 0 rings (SSSR count). The zero-order valence-electron chi connectivity index (χ0n) is 8.93. The molecule has 0 aromatic carbocycles. The van der Waals surface area contributed by atoms with Crippen LogP contribution < -0.4 is 11.1 Å². The molecule has 14 heavy (non-hydrogen) atoms. The van der Waals surface area contributed by atoms with E-state index in [-0.39, 0.29) is 5.91 Å². The third-order valence-electron chi connectivity index (χ3n) is 2.02. The van der Waals surface area contributed by atoms with Crippen molar-refractivity contribution in [2.45, 2.75) is 38.5 Å². The Balaban J connectivity index is 3.15. The Hall–Kier alpha value is -0.830. The molecule has 0 aliphatic heterocycles. The smallest absolute Gasteiger partial charge is 0.219 e. The number of unbranched alkanes of at least 4 members (excludes halogenated alkanes) is 3. The summed E-state index contributed by atoms with van der Waals surface area (Å²) in [5, 5.41) is 2.88. The van der Waals surface area contributed by atoms with Crippen molar-refractivity contribution in [1.29, 1.82) is 0 Å². The summed E-state index contributed by atoms with van der Waals surface area (Å²) in [6.07, 6.45) is 7.47. The number of hydrogen-bond acceptors (Lipinski definition) is 2. The third-order valence-corrected chi connectivity index (χ3v) is 2.02. The molecule has 0 aromatic rings. The highest BCUT2D eigenvalue weighted by atomic mass is 16.1. The maximum Gasteiger partial charge on any atom is 0.219 e. The van der Waals surface area contributed by atoms with Crippen molar-refractivity contribution < 1.29 is 4.79 Å². The lowest BCUT2D eigenvalue weighted by molar-refractivity contribution is -0.121. The standard InChI is InChI=1S/C11H22N2O/c1-2-3-7-10-13-11(14)8-5-4-6-9-12/h2H,1,3-10,12H2,(H,13,14). The van der Waals surface area contributed by atoms with Gasteiger partial charge in [0.05, 0.1) is 0 Å². The molecule has 1 amide bonds. The second kappa shape index (κ2) is 10.3. The van der Waals surface area contributed by atoms with E-state index in [1.54, 1.807) is 0 Å². The molecule has 82 valence electrons. The van der Waals surface area contributed by atoms with Crippen LogP contribution in [0.5, 0.6) is 0 Å². The van der Waals surface area contributed by atoms with Gasteiger partial charge in [0.25, 0.3) is 0 Å². The highest BCUT2D eigenvalue weighted by Gasteiger charge is 1.98. The first-order valence-corrected chi connectivity index (χ1v) is 5.39. The van der Waals surface area contributed by atoms with E-state index in [1.165, 1.54) is 0 Å². The Morgan fingerprint density at radius 1 is 1.29 bits per heavy atom. The molecule has 0 aromatic heterocycles. The lowest BCUT2D eigenvalue weighted by Gasteiger charge is -2.03. The molecule has 0 saturated heterocycles. The van der Waals surface area contributed by atoms with Gasteiger partial charge in [-0.2, -0.15) is 0 Å². The van der Waals surface area contributed by atoms with Crippen LogP contribution in [0.2, 0.25) is 0 Å². The molecule has 0 unspecified atom stereocenters. The molecule has 0 atom stereocenters. The van der Waals surface area contributed by atoms with Crippen molar-refractivity contribution in [3.05, 3.63) is 12.7 Å². The first kappa shape index (κ1) is 13.2. The second-order valence-corrected chi connectivity index (χ2v) is 3.38. The number of carbonyl (C=O) groups is 1. The summed E-state index contributed by atoms with van der Waals surface area (Å²) < 4.78 is 0. The van der Waals surface area contributed by atoms with Crippen LogP contribution in [0.4, 0.5) is 0 Å². The van der Waals surface area contributed by atoms with Gasteiger partial charge in [0.1, 0.15) is 0 Å². The van der Waals surface area contributed by atoms with Gasteiger partial charge in [-0.25, -0.2) is 0 Å². The number of carbonyl (C=O) groups excluding carboxylic acids is 1. The fraction of sp³-hybridized carbons (Fsp3) is 0.727. The number of nitrogens with one attached hydrogen (secondary N) is 1. The van der Waals surface area contributed by atoms with E-state index in [4.69, 9.17) is 5.73 Å². The third kappa shape index (κ3) is 9.26. The number of hydrogen-bond donors (Lipinski definition) is 2. The minimum atomic E-state index is 0.158. The van der Waals surface area contributed by atoms with Gasteiger partial charge in [0.15, 0.2) is 0 Å². The van der Waals surface area contributed by atoms with E-state index < -0.39 is 0 Å². The molecular weight excluding hydrogens is 176 g/mol. The number of rotatable bonds is 9. The van der Waals surface area contributed by atoms with Crippen LogP contribution in [0.25, 0.3) is 0 Å². The summed E-state index contributed by atoms with van der Waals surface area (Å²) >= 11 is 0.